The lowest BCUT2D eigenvalue weighted by atomic mass is 9.85. The highest BCUT2D eigenvalue weighted by molar-refractivity contribution is 7.17. The van der Waals surface area contributed by atoms with E-state index < -0.39 is 11.9 Å². The third-order valence-corrected chi connectivity index (χ3v) is 6.55. The largest absolute Gasteiger partial charge is 0.465 e. The Labute approximate surface area is 166 Å². The molecule has 1 aromatic heterocycles. The van der Waals surface area contributed by atoms with Crippen LogP contribution in [0, 0.1) is 5.92 Å². The molecule has 4 nitrogen and oxygen atoms in total. The van der Waals surface area contributed by atoms with Crippen LogP contribution in [0.15, 0.2) is 18.2 Å². The number of fused-ring (bicyclic) bond motifs is 1. The summed E-state index contributed by atoms with van der Waals surface area (Å²) in [5.41, 5.74) is 1.65. The van der Waals surface area contributed by atoms with Gasteiger partial charge >= 0.3 is 5.97 Å². The maximum atomic E-state index is 12.7. The molecular formula is C19H19Cl2NO3S. The Morgan fingerprint density at radius 2 is 1.96 bits per heavy atom. The lowest BCUT2D eigenvalue weighted by Crippen LogP contribution is -2.17. The zero-order valence-corrected chi connectivity index (χ0v) is 16.9. The maximum Gasteiger partial charge on any atom is 0.341 e. The van der Waals surface area contributed by atoms with E-state index in [0.29, 0.717) is 16.5 Å². The molecule has 1 heterocycles. The minimum atomic E-state index is -0.434. The Morgan fingerprint density at radius 3 is 2.58 bits per heavy atom. The number of hydrogen-bond acceptors (Lipinski definition) is 4. The van der Waals surface area contributed by atoms with Crippen molar-refractivity contribution in [1.82, 2.24) is 0 Å². The van der Waals surface area contributed by atoms with Crippen molar-refractivity contribution in [2.24, 2.45) is 5.92 Å². The van der Waals surface area contributed by atoms with Crippen molar-refractivity contribution in [2.75, 3.05) is 12.4 Å². The normalized spacial score (nSPS) is 16.1. The predicted molar refractivity (Wildman–Crippen MR) is 106 cm³/mol. The molecule has 1 amide bonds. The van der Waals surface area contributed by atoms with Crippen molar-refractivity contribution >= 4 is 51.4 Å². The molecule has 138 valence electrons. The van der Waals surface area contributed by atoms with Crippen LogP contribution in [0.3, 0.4) is 0 Å². The fraction of sp³-hybridized carbons (Fsp3) is 0.368. The van der Waals surface area contributed by atoms with Gasteiger partial charge in [-0.15, -0.1) is 11.3 Å². The van der Waals surface area contributed by atoms with E-state index in [-0.39, 0.29) is 15.6 Å². The number of thiophene rings is 1. The van der Waals surface area contributed by atoms with Crippen LogP contribution >= 0.6 is 34.5 Å². The molecule has 0 spiro atoms. The summed E-state index contributed by atoms with van der Waals surface area (Å²) in [5, 5.41) is 3.85. The average molecular weight is 412 g/mol. The zero-order valence-electron chi connectivity index (χ0n) is 14.5. The lowest BCUT2D eigenvalue weighted by molar-refractivity contribution is 0.0601. The van der Waals surface area contributed by atoms with E-state index in [1.807, 2.05) is 0 Å². The van der Waals surface area contributed by atoms with E-state index in [4.69, 9.17) is 27.9 Å². The van der Waals surface area contributed by atoms with Crippen LogP contribution in [0.4, 0.5) is 5.00 Å². The number of rotatable bonds is 4. The molecule has 1 N–H and O–H groups in total. The highest BCUT2D eigenvalue weighted by atomic mass is 35.5. The molecule has 1 aliphatic rings. The molecule has 1 aromatic carbocycles. The molecule has 1 aliphatic carbocycles. The van der Waals surface area contributed by atoms with Gasteiger partial charge in [-0.2, -0.15) is 0 Å². The summed E-state index contributed by atoms with van der Waals surface area (Å²) in [6, 6.07) is 4.89. The molecule has 0 saturated heterocycles. The highest BCUT2D eigenvalue weighted by Gasteiger charge is 2.30. The second-order valence-corrected chi connectivity index (χ2v) is 8.19. The summed E-state index contributed by atoms with van der Waals surface area (Å²) in [4.78, 5) is 26.2. The molecule has 0 radical (unpaired) electrons. The van der Waals surface area contributed by atoms with Crippen LogP contribution < -0.4 is 5.32 Å². The second-order valence-electron chi connectivity index (χ2n) is 6.27. The number of carbonyl (C=O) groups is 2. The Hall–Kier alpha value is -1.56. The first-order valence-electron chi connectivity index (χ1n) is 8.44. The fourth-order valence-corrected chi connectivity index (χ4v) is 5.20. The SMILES string of the molecule is CC[C@H]1CCc2c(sc(NC(=O)c3c(Cl)cccc3Cl)c2C(=O)OC)C1. The molecule has 0 aliphatic heterocycles. The van der Waals surface area contributed by atoms with Crippen LogP contribution in [0.5, 0.6) is 0 Å². The molecule has 3 rings (SSSR count). The molecule has 0 saturated carbocycles. The Kier molecular flexibility index (Phi) is 5.90. The number of amides is 1. The van der Waals surface area contributed by atoms with Crippen LogP contribution in [-0.4, -0.2) is 19.0 Å². The van der Waals surface area contributed by atoms with Gasteiger partial charge in [0.2, 0.25) is 0 Å². The minimum absolute atomic E-state index is 0.199. The average Bonchev–Trinajstić information content (AvgIpc) is 2.97. The van der Waals surface area contributed by atoms with Crippen molar-refractivity contribution in [3.63, 3.8) is 0 Å². The Balaban J connectivity index is 1.98. The topological polar surface area (TPSA) is 55.4 Å². The molecule has 0 fully saturated rings. The number of halogens is 2. The zero-order chi connectivity index (χ0) is 18.8. The maximum absolute atomic E-state index is 12.7. The number of methoxy groups -OCH3 is 1. The van der Waals surface area contributed by atoms with Gasteiger partial charge in [0, 0.05) is 4.88 Å². The predicted octanol–water partition coefficient (Wildman–Crippen LogP) is 5.61. The lowest BCUT2D eigenvalue weighted by Gasteiger charge is -2.20. The van der Waals surface area contributed by atoms with Gasteiger partial charge in [-0.1, -0.05) is 42.6 Å². The number of carbonyl (C=O) groups excluding carboxylic acids is 2. The van der Waals surface area contributed by atoms with Crippen LogP contribution in [0.25, 0.3) is 0 Å². The standard InChI is InChI=1S/C19H19Cl2NO3S/c1-3-10-7-8-11-14(9-10)26-18(15(11)19(24)25-2)22-17(23)16-12(20)5-4-6-13(16)21/h4-6,10H,3,7-9H2,1-2H3,(H,22,23)/t10-/m0/s1. The molecule has 0 bridgehead atoms. The quantitative estimate of drug-likeness (QED) is 0.665. The van der Waals surface area contributed by atoms with E-state index >= 15 is 0 Å². The van der Waals surface area contributed by atoms with Gasteiger partial charge in [0.15, 0.2) is 0 Å². The summed E-state index contributed by atoms with van der Waals surface area (Å²) >= 11 is 13.7. The summed E-state index contributed by atoms with van der Waals surface area (Å²) in [6.07, 6.45) is 3.87. The van der Waals surface area contributed by atoms with E-state index in [0.717, 1.165) is 36.1 Å². The summed E-state index contributed by atoms with van der Waals surface area (Å²) in [7, 11) is 1.35. The van der Waals surface area contributed by atoms with Gasteiger partial charge in [-0.3, -0.25) is 4.79 Å². The number of benzene rings is 1. The monoisotopic (exact) mass is 411 g/mol. The minimum Gasteiger partial charge on any atom is -0.465 e. The third-order valence-electron chi connectivity index (χ3n) is 4.75. The number of nitrogens with one attached hydrogen (secondary N) is 1. The fourth-order valence-electron chi connectivity index (χ4n) is 3.29. The first kappa shape index (κ1) is 19.2. The molecule has 1 atom stereocenters. The van der Waals surface area contributed by atoms with Crippen molar-refractivity contribution in [3.05, 3.63) is 49.8 Å². The van der Waals surface area contributed by atoms with Crippen molar-refractivity contribution in [3.8, 4) is 0 Å². The Bertz CT molecular complexity index is 842. The van der Waals surface area contributed by atoms with E-state index in [9.17, 15) is 9.59 Å². The van der Waals surface area contributed by atoms with E-state index in [1.54, 1.807) is 18.2 Å². The molecule has 7 heteroatoms. The van der Waals surface area contributed by atoms with Crippen LogP contribution in [-0.2, 0) is 17.6 Å². The van der Waals surface area contributed by atoms with E-state index in [2.05, 4.69) is 12.2 Å². The number of anilines is 1. The molecule has 0 unspecified atom stereocenters. The number of ether oxygens (including phenoxy) is 1. The molecule has 2 aromatic rings. The van der Waals surface area contributed by atoms with Crippen LogP contribution in [0.2, 0.25) is 10.0 Å². The number of hydrogen-bond donors (Lipinski definition) is 1. The van der Waals surface area contributed by atoms with Gasteiger partial charge in [-0.05, 0) is 42.9 Å². The van der Waals surface area contributed by atoms with Crippen molar-refractivity contribution in [1.29, 1.82) is 0 Å². The van der Waals surface area contributed by atoms with Gasteiger partial charge in [0.1, 0.15) is 5.00 Å². The first-order chi connectivity index (χ1) is 12.5. The molecular weight excluding hydrogens is 393 g/mol. The summed E-state index contributed by atoms with van der Waals surface area (Å²) in [5.74, 6) is -0.261. The van der Waals surface area contributed by atoms with Gasteiger partial charge < -0.3 is 10.1 Å². The highest BCUT2D eigenvalue weighted by Crippen LogP contribution is 2.41. The first-order valence-corrected chi connectivity index (χ1v) is 10.0. The van der Waals surface area contributed by atoms with Crippen molar-refractivity contribution < 1.29 is 14.3 Å². The smallest absolute Gasteiger partial charge is 0.341 e. The third kappa shape index (κ3) is 3.61. The van der Waals surface area contributed by atoms with Gasteiger partial charge in [0.25, 0.3) is 5.91 Å². The summed E-state index contributed by atoms with van der Waals surface area (Å²) < 4.78 is 4.95. The van der Waals surface area contributed by atoms with Crippen LogP contribution in [0.1, 0.15) is 50.9 Å². The number of esters is 1. The molecule has 26 heavy (non-hydrogen) atoms. The van der Waals surface area contributed by atoms with Gasteiger partial charge in [-0.25, -0.2) is 4.79 Å². The van der Waals surface area contributed by atoms with Crippen molar-refractivity contribution in [2.45, 2.75) is 32.6 Å². The second kappa shape index (κ2) is 7.99. The Morgan fingerprint density at radius 1 is 1.27 bits per heavy atom. The van der Waals surface area contributed by atoms with Gasteiger partial charge in [0.05, 0.1) is 28.3 Å². The summed E-state index contributed by atoms with van der Waals surface area (Å²) in [6.45, 7) is 2.17. The van der Waals surface area contributed by atoms with E-state index in [1.165, 1.54) is 18.4 Å².